The van der Waals surface area contributed by atoms with Crippen molar-refractivity contribution in [2.24, 2.45) is 0 Å². The quantitative estimate of drug-likeness (QED) is 0.193. The fourth-order valence-electron chi connectivity index (χ4n) is 6.38. The van der Waals surface area contributed by atoms with Crippen LogP contribution in [0.25, 0.3) is 87.4 Å². The molecule has 0 aliphatic carbocycles. The van der Waals surface area contributed by atoms with Crippen LogP contribution < -0.4 is 0 Å². The molecule has 0 unspecified atom stereocenters. The highest BCUT2D eigenvalue weighted by atomic mass is 32.1. The normalized spacial score (nSPS) is 11.4. The fourth-order valence-corrected chi connectivity index (χ4v) is 7.65. The lowest BCUT2D eigenvalue weighted by Crippen LogP contribution is -2.00. The summed E-state index contributed by atoms with van der Waals surface area (Å²) >= 11 is 1.82. The van der Waals surface area contributed by atoms with Gasteiger partial charge in [0.15, 0.2) is 17.5 Å². The van der Waals surface area contributed by atoms with Gasteiger partial charge < -0.3 is 0 Å². The molecule has 7 aromatic carbocycles. The first-order chi connectivity index (χ1) is 23.3. The molecule has 0 N–H and O–H groups in total. The molecule has 0 saturated heterocycles. The molecule has 9 aromatic rings. The minimum absolute atomic E-state index is 0.652. The number of hydrogen-bond acceptors (Lipinski definition) is 4. The van der Waals surface area contributed by atoms with Crippen molar-refractivity contribution < 1.29 is 0 Å². The van der Waals surface area contributed by atoms with E-state index >= 15 is 0 Å². The zero-order valence-electron chi connectivity index (χ0n) is 25.3. The molecule has 0 atom stereocenters. The van der Waals surface area contributed by atoms with Gasteiger partial charge in [0.05, 0.1) is 0 Å². The maximum Gasteiger partial charge on any atom is 0.164 e. The Morgan fingerprint density at radius 2 is 0.915 bits per heavy atom. The Hall–Kier alpha value is -5.97. The van der Waals surface area contributed by atoms with Gasteiger partial charge in [-0.1, -0.05) is 146 Å². The van der Waals surface area contributed by atoms with Gasteiger partial charge in [0.25, 0.3) is 0 Å². The lowest BCUT2D eigenvalue weighted by atomic mass is 9.98. The molecule has 0 spiro atoms. The Kier molecular flexibility index (Phi) is 6.65. The molecule has 3 nitrogen and oxygen atoms in total. The fraction of sp³-hybridized carbons (Fsp3) is 0. The number of rotatable bonds is 5. The first-order valence-electron chi connectivity index (χ1n) is 15.7. The molecule has 0 aliphatic heterocycles. The molecule has 0 saturated carbocycles. The minimum Gasteiger partial charge on any atom is -0.208 e. The van der Waals surface area contributed by atoms with Crippen molar-refractivity contribution in [3.8, 4) is 56.4 Å². The topological polar surface area (TPSA) is 38.7 Å². The minimum atomic E-state index is 0.652. The van der Waals surface area contributed by atoms with Crippen molar-refractivity contribution in [3.05, 3.63) is 164 Å². The molecule has 4 heteroatoms. The molecule has 2 aromatic heterocycles. The smallest absolute Gasteiger partial charge is 0.164 e. The van der Waals surface area contributed by atoms with Crippen LogP contribution in [-0.2, 0) is 0 Å². The summed E-state index contributed by atoms with van der Waals surface area (Å²) in [5.74, 6) is 1.98. The van der Waals surface area contributed by atoms with E-state index in [9.17, 15) is 0 Å². The SMILES string of the molecule is c1ccc(-c2nc(-c3ccc(-c4ccc5ccccc5c4)cc3)nc(-c3ccc(-c4ccccc4)c4sc5ccccc5c34)n2)cc1. The Morgan fingerprint density at radius 1 is 0.362 bits per heavy atom. The number of aromatic nitrogens is 3. The van der Waals surface area contributed by atoms with Gasteiger partial charge in [-0.2, -0.15) is 0 Å². The number of thiophene rings is 1. The molecular weight excluding hydrogens is 591 g/mol. The van der Waals surface area contributed by atoms with E-state index in [2.05, 4.69) is 146 Å². The van der Waals surface area contributed by atoms with E-state index in [-0.39, 0.29) is 0 Å². The van der Waals surface area contributed by atoms with Gasteiger partial charge in [-0.3, -0.25) is 0 Å². The van der Waals surface area contributed by atoms with Crippen molar-refractivity contribution >= 4 is 42.3 Å². The van der Waals surface area contributed by atoms with Gasteiger partial charge in [-0.05, 0) is 51.2 Å². The van der Waals surface area contributed by atoms with Crippen molar-refractivity contribution in [1.29, 1.82) is 0 Å². The lowest BCUT2D eigenvalue weighted by molar-refractivity contribution is 1.08. The Bertz CT molecular complexity index is 2550. The molecule has 220 valence electrons. The van der Waals surface area contributed by atoms with E-state index in [4.69, 9.17) is 15.0 Å². The Labute approximate surface area is 276 Å². The summed E-state index contributed by atoms with van der Waals surface area (Å²) in [6.45, 7) is 0. The standard InChI is InChI=1S/C43H27N3S/c1-3-12-30(13-4-1)35-25-26-37(39-36-17-9-10-18-38(36)47-40(35)39)43-45-41(31-14-5-2-6-15-31)44-42(46-43)32-22-19-29(20-23-32)34-24-21-28-11-7-8-16-33(28)27-34/h1-27H. The highest BCUT2D eigenvalue weighted by Gasteiger charge is 2.19. The van der Waals surface area contributed by atoms with Gasteiger partial charge in [-0.25, -0.2) is 15.0 Å². The van der Waals surface area contributed by atoms with E-state index in [0.29, 0.717) is 17.5 Å². The zero-order valence-corrected chi connectivity index (χ0v) is 26.2. The molecule has 0 radical (unpaired) electrons. The largest absolute Gasteiger partial charge is 0.208 e. The predicted molar refractivity (Wildman–Crippen MR) is 197 cm³/mol. The van der Waals surface area contributed by atoms with Crippen LogP contribution in [0.4, 0.5) is 0 Å². The summed E-state index contributed by atoms with van der Waals surface area (Å²) in [7, 11) is 0. The van der Waals surface area contributed by atoms with Crippen molar-refractivity contribution in [1.82, 2.24) is 15.0 Å². The van der Waals surface area contributed by atoms with Crippen LogP contribution >= 0.6 is 11.3 Å². The second kappa shape index (κ2) is 11.4. The molecule has 47 heavy (non-hydrogen) atoms. The second-order valence-corrected chi connectivity index (χ2v) is 12.7. The van der Waals surface area contributed by atoms with E-state index in [0.717, 1.165) is 22.3 Å². The first-order valence-corrected chi connectivity index (χ1v) is 16.5. The molecule has 2 heterocycles. The molecule has 9 rings (SSSR count). The summed E-state index contributed by atoms with van der Waals surface area (Å²) < 4.78 is 2.48. The third-order valence-corrected chi connectivity index (χ3v) is 9.95. The third-order valence-electron chi connectivity index (χ3n) is 8.75. The summed E-state index contributed by atoms with van der Waals surface area (Å²) in [5.41, 5.74) is 7.66. The van der Waals surface area contributed by atoms with Gasteiger partial charge in [0, 0.05) is 36.9 Å². The summed E-state index contributed by atoms with van der Waals surface area (Å²) in [6, 6.07) is 57.4. The summed E-state index contributed by atoms with van der Waals surface area (Å²) in [5, 5.41) is 4.86. The van der Waals surface area contributed by atoms with Crippen LogP contribution in [0, 0.1) is 0 Å². The number of nitrogens with zero attached hydrogens (tertiary/aromatic N) is 3. The van der Waals surface area contributed by atoms with E-state index in [1.165, 1.54) is 47.6 Å². The number of fused-ring (bicyclic) bond motifs is 4. The maximum atomic E-state index is 5.16. The molecule has 0 amide bonds. The van der Waals surface area contributed by atoms with E-state index < -0.39 is 0 Å². The zero-order chi connectivity index (χ0) is 31.2. The van der Waals surface area contributed by atoms with Gasteiger partial charge in [0.1, 0.15) is 0 Å². The van der Waals surface area contributed by atoms with Crippen molar-refractivity contribution in [3.63, 3.8) is 0 Å². The summed E-state index contributed by atoms with van der Waals surface area (Å²) in [6.07, 6.45) is 0. The highest BCUT2D eigenvalue weighted by Crippen LogP contribution is 2.44. The second-order valence-electron chi connectivity index (χ2n) is 11.6. The van der Waals surface area contributed by atoms with Gasteiger partial charge in [0.2, 0.25) is 0 Å². The van der Waals surface area contributed by atoms with Crippen LogP contribution in [0.1, 0.15) is 0 Å². The van der Waals surface area contributed by atoms with Crippen LogP contribution in [0.3, 0.4) is 0 Å². The number of hydrogen-bond donors (Lipinski definition) is 0. The lowest BCUT2D eigenvalue weighted by Gasteiger charge is -2.12. The van der Waals surface area contributed by atoms with Crippen molar-refractivity contribution in [2.75, 3.05) is 0 Å². The maximum absolute atomic E-state index is 5.16. The Balaban J connectivity index is 1.22. The van der Waals surface area contributed by atoms with Crippen LogP contribution in [0.5, 0.6) is 0 Å². The molecule has 0 aliphatic rings. The average molecular weight is 618 g/mol. The van der Waals surface area contributed by atoms with E-state index in [1.54, 1.807) is 0 Å². The third kappa shape index (κ3) is 4.96. The van der Waals surface area contributed by atoms with E-state index in [1.807, 2.05) is 29.5 Å². The van der Waals surface area contributed by atoms with Crippen LogP contribution in [0.2, 0.25) is 0 Å². The highest BCUT2D eigenvalue weighted by molar-refractivity contribution is 7.26. The molecule has 0 bridgehead atoms. The molecule has 0 fully saturated rings. The predicted octanol–water partition coefficient (Wildman–Crippen LogP) is 11.7. The first kappa shape index (κ1) is 27.3. The summed E-state index contributed by atoms with van der Waals surface area (Å²) in [4.78, 5) is 15.3. The average Bonchev–Trinajstić information content (AvgIpc) is 3.55. The van der Waals surface area contributed by atoms with Crippen molar-refractivity contribution in [2.45, 2.75) is 0 Å². The van der Waals surface area contributed by atoms with Crippen LogP contribution in [-0.4, -0.2) is 15.0 Å². The van der Waals surface area contributed by atoms with Gasteiger partial charge in [-0.15, -0.1) is 11.3 Å². The van der Waals surface area contributed by atoms with Gasteiger partial charge >= 0.3 is 0 Å². The van der Waals surface area contributed by atoms with Crippen LogP contribution in [0.15, 0.2) is 164 Å². The Morgan fingerprint density at radius 3 is 1.68 bits per heavy atom. The monoisotopic (exact) mass is 617 g/mol. The number of benzene rings is 7. The molecular formula is C43H27N3S.